The molecule has 0 radical (unpaired) electrons. The van der Waals surface area contributed by atoms with Gasteiger partial charge in [0.15, 0.2) is 36.5 Å². The van der Waals surface area contributed by atoms with Gasteiger partial charge in [0.25, 0.3) is 11.5 Å². The first-order valence-corrected chi connectivity index (χ1v) is 32.7. The fourth-order valence-corrected chi connectivity index (χ4v) is 5.34. The van der Waals surface area contributed by atoms with Crippen LogP contribution in [0.25, 0.3) is 0 Å². The van der Waals surface area contributed by atoms with Gasteiger partial charge in [-0.05, 0) is 0 Å². The summed E-state index contributed by atoms with van der Waals surface area (Å²) >= 11 is 14.2. The number of hydrogen-bond donors (Lipinski definition) is 4. The van der Waals surface area contributed by atoms with E-state index in [4.69, 9.17) is 42.1 Å². The zero-order chi connectivity index (χ0) is 38.1. The van der Waals surface area contributed by atoms with Gasteiger partial charge in [0.1, 0.15) is 24.1 Å². The molecule has 3 aliphatic heterocycles. The number of amides is 1. The average Bonchev–Trinajstić information content (AvgIpc) is 3.50. The summed E-state index contributed by atoms with van der Waals surface area (Å²) in [7, 11) is 0. The van der Waals surface area contributed by atoms with Crippen LogP contribution in [0.5, 0.6) is 0 Å². The molecule has 1 amide bonds. The van der Waals surface area contributed by atoms with Crippen molar-refractivity contribution in [2.24, 2.45) is 11.8 Å². The quantitative estimate of drug-likeness (QED) is 0.145. The monoisotopic (exact) mass is 820 g/mol. The number of aliphatic hydroxyl groups is 2. The van der Waals surface area contributed by atoms with Crippen LogP contribution in [0, 0.1) is 11.8 Å². The number of esters is 2. The van der Waals surface area contributed by atoms with Crippen molar-refractivity contribution in [1.82, 2.24) is 19.8 Å². The minimum atomic E-state index is -1.96. The predicted molar refractivity (Wildman–Crippen MR) is 183 cm³/mol. The van der Waals surface area contributed by atoms with Gasteiger partial charge in [-0.1, -0.05) is 41.7 Å². The van der Waals surface area contributed by atoms with Crippen molar-refractivity contribution in [2.75, 3.05) is 25.0 Å². The molecular formula is C30H42Cl2F2K2N4O11. The van der Waals surface area contributed by atoms with Gasteiger partial charge in [0, 0.05) is 24.5 Å². The zero-order valence-electron chi connectivity index (χ0n) is 28.4. The van der Waals surface area contributed by atoms with E-state index < -0.39 is 102 Å². The molecule has 51 heavy (non-hydrogen) atoms. The Balaban J connectivity index is 0.000000512. The predicted octanol–water partition coefficient (Wildman–Crippen LogP) is 0.451. The number of alkyl halides is 4. The Morgan fingerprint density at radius 2 is 1.61 bits per heavy atom. The Hall–Kier alpha value is -0.0773. The molecule has 1 aromatic heterocycles. The van der Waals surface area contributed by atoms with Crippen LogP contribution in [0.1, 0.15) is 41.3 Å². The van der Waals surface area contributed by atoms with Gasteiger partial charge in [-0.3, -0.25) is 28.7 Å². The number of aliphatic hydroxyl groups excluding tert-OH is 2. The van der Waals surface area contributed by atoms with Crippen molar-refractivity contribution in [1.29, 1.82) is 0 Å². The van der Waals surface area contributed by atoms with E-state index in [1.54, 1.807) is 27.7 Å². The molecule has 278 valence electrons. The molecule has 0 aromatic carbocycles. The topological polar surface area (TPSA) is 199 Å². The van der Waals surface area contributed by atoms with E-state index in [1.807, 2.05) is 4.98 Å². The van der Waals surface area contributed by atoms with E-state index >= 15 is 4.39 Å². The number of carbonyl (C=O) groups is 3. The molecule has 0 aliphatic carbocycles. The number of halogens is 4. The second kappa shape index (κ2) is 21.9. The summed E-state index contributed by atoms with van der Waals surface area (Å²) in [6.07, 6.45) is -6.17. The van der Waals surface area contributed by atoms with E-state index in [2.05, 4.69) is 11.9 Å². The molecule has 15 nitrogen and oxygen atoms in total. The standard InChI is InChI=1S/C19H26ClFN2O6.C10H12ClFN2O5.CH4.2K/c1-10(2)17(25)27-9-19(8-20)15(28-18(26)11(3)4)14(21)16(29-19)23-7-6-13(24)22-12(23)5;11-3-10(4-15)7(17)6(12)8(19-10)14-2-1-5(16)13-9(14)18;;;/h6-7,10-11,14-16H,5,8-9H2,1-4H3,(H,22,24);1-2,6-8,15,17H,3-4H2,(H,13,16,18);1H4;;/t14-,15+,16-,19-;6-,7+,8-,10-;;;/m11.../s1. The molecule has 0 saturated carbocycles. The number of carbonyl (C=O) groups excluding carboxylic acids is 3. The second-order valence-corrected chi connectivity index (χ2v) is 12.4. The number of aromatic nitrogens is 2. The summed E-state index contributed by atoms with van der Waals surface area (Å²) in [4.78, 5) is 61.3. The third-order valence-electron chi connectivity index (χ3n) is 7.63. The number of nitrogens with zero attached hydrogens (tertiary/aromatic N) is 2. The van der Waals surface area contributed by atoms with E-state index in [1.165, 1.54) is 80.3 Å². The summed E-state index contributed by atoms with van der Waals surface area (Å²) in [6, 6.07) is 1.02. The molecule has 4 rings (SSSR count). The summed E-state index contributed by atoms with van der Waals surface area (Å²) in [5.74, 6) is -3.09. The Labute approximate surface area is 349 Å². The zero-order valence-corrected chi connectivity index (χ0v) is 36.2. The molecule has 3 aliphatic rings. The molecule has 0 bridgehead atoms. The Bertz CT molecular complexity index is 1510. The number of rotatable bonds is 10. The summed E-state index contributed by atoms with van der Waals surface area (Å²) in [6.45, 7) is 9.08. The van der Waals surface area contributed by atoms with Crippen molar-refractivity contribution >= 4 is 104 Å². The summed E-state index contributed by atoms with van der Waals surface area (Å²) in [5.41, 5.74) is -4.81. The Morgan fingerprint density at radius 1 is 1.04 bits per heavy atom. The minimum absolute atomic E-state index is 0. The average molecular weight is 822 g/mol. The molecule has 1 aromatic rings. The van der Waals surface area contributed by atoms with Gasteiger partial charge in [-0.25, -0.2) is 13.6 Å². The number of hydrogen-bond acceptors (Lipinski definition) is 12. The molecular weight excluding hydrogens is 779 g/mol. The first-order valence-electron chi connectivity index (χ1n) is 15.7. The molecule has 2 saturated heterocycles. The van der Waals surface area contributed by atoms with Gasteiger partial charge in [0.05, 0.1) is 30.2 Å². The van der Waals surface area contributed by atoms with Crippen molar-refractivity contribution in [2.45, 2.75) is 83.3 Å². The van der Waals surface area contributed by atoms with Crippen molar-refractivity contribution in [3.05, 3.63) is 57.8 Å². The van der Waals surface area contributed by atoms with Crippen LogP contribution in [0.15, 0.2) is 46.5 Å². The second-order valence-electron chi connectivity index (χ2n) is 11.9. The van der Waals surface area contributed by atoms with Crippen LogP contribution in [0.4, 0.5) is 8.78 Å². The SMILES string of the molecule is C.C=C1NC(=O)C=CN1[C@@H]1O[C@](CCl)(COC(=O)C(C)C)[C@@H](OC(=O)C(C)C)[C@H]1F.O=c1ccn([C@@H]2O[C@@](CO)(CCl)[C@@H](O)[C@H]2F)c(=O)[nH]1.[K][K]. The van der Waals surface area contributed by atoms with E-state index in [-0.39, 0.29) is 25.0 Å². The molecule has 0 unspecified atom stereocenters. The van der Waals surface area contributed by atoms with Gasteiger partial charge < -0.3 is 39.4 Å². The molecule has 4 N–H and O–H groups in total. The van der Waals surface area contributed by atoms with Gasteiger partial charge in [-0.2, -0.15) is 0 Å². The van der Waals surface area contributed by atoms with E-state index in [0.29, 0.717) is 0 Å². The third kappa shape index (κ3) is 11.7. The Kier molecular flexibility index (Phi) is 21.0. The molecule has 8 atom stereocenters. The molecule has 0 spiro atoms. The van der Waals surface area contributed by atoms with Crippen LogP contribution in [0.2, 0.25) is 0 Å². The Morgan fingerprint density at radius 3 is 2.08 bits per heavy atom. The fourth-order valence-electron chi connectivity index (χ4n) is 4.75. The summed E-state index contributed by atoms with van der Waals surface area (Å²) < 4.78 is 52.0. The van der Waals surface area contributed by atoms with Crippen LogP contribution >= 0.6 is 23.2 Å². The molecule has 21 heteroatoms. The fraction of sp³-hybridized carbons (Fsp3) is 0.633. The first kappa shape index (κ1) is 48.9. The number of aromatic amines is 1. The van der Waals surface area contributed by atoms with E-state index in [9.17, 15) is 38.6 Å². The number of ether oxygens (including phenoxy) is 4. The van der Waals surface area contributed by atoms with Crippen LogP contribution in [-0.4, -0.2) is 173 Å². The first-order chi connectivity index (χ1) is 23.5. The van der Waals surface area contributed by atoms with Crippen LogP contribution in [-0.2, 0) is 33.3 Å². The molecule has 2 fully saturated rings. The van der Waals surface area contributed by atoms with Crippen molar-refractivity contribution in [3.8, 4) is 0 Å². The van der Waals surface area contributed by atoms with Crippen LogP contribution < -0.4 is 16.6 Å². The van der Waals surface area contributed by atoms with Gasteiger partial charge in [-0.15, -0.1) is 23.2 Å². The van der Waals surface area contributed by atoms with Crippen molar-refractivity contribution < 1.29 is 52.3 Å². The van der Waals surface area contributed by atoms with Gasteiger partial charge >= 0.3 is 80.8 Å². The maximum atomic E-state index is 15.5. The number of nitrogens with one attached hydrogen (secondary N) is 2. The maximum absolute atomic E-state index is 15.5. The third-order valence-corrected chi connectivity index (χ3v) is 8.54. The van der Waals surface area contributed by atoms with E-state index in [0.717, 1.165) is 16.8 Å². The normalized spacial score (nSPS) is 29.8. The van der Waals surface area contributed by atoms with Crippen molar-refractivity contribution in [3.63, 3.8) is 0 Å². The number of H-pyrrole nitrogens is 1. The van der Waals surface area contributed by atoms with Gasteiger partial charge in [0.2, 0.25) is 0 Å². The van der Waals surface area contributed by atoms with Crippen LogP contribution in [0.3, 0.4) is 0 Å². The molecule has 4 heterocycles. The summed E-state index contributed by atoms with van der Waals surface area (Å²) in [5, 5.41) is 21.4.